The molecule has 1 N–H and O–H groups in total. The largest absolute Gasteiger partial charge is 0.496 e. The molecule has 3 aromatic rings. The number of nitrogens with one attached hydrogen (secondary N) is 1. The van der Waals surface area contributed by atoms with Crippen LogP contribution in [0.2, 0.25) is 0 Å². The van der Waals surface area contributed by atoms with Gasteiger partial charge in [-0.25, -0.2) is 4.79 Å². The molecule has 0 fully saturated rings. The van der Waals surface area contributed by atoms with E-state index in [2.05, 4.69) is 69.4 Å². The molecule has 3 rings (SSSR count). The maximum absolute atomic E-state index is 10.8. The lowest BCUT2D eigenvalue weighted by atomic mass is 10.1. The van der Waals surface area contributed by atoms with E-state index in [-0.39, 0.29) is 5.97 Å². The Morgan fingerprint density at radius 3 is 2.04 bits per heavy atom. The quantitative estimate of drug-likeness (QED) is 0.0650. The zero-order valence-electron chi connectivity index (χ0n) is 27.9. The molecule has 0 unspecified atom stereocenters. The number of carbonyl (C=O) groups excluding carboxylic acids is 1. The van der Waals surface area contributed by atoms with Crippen LogP contribution in [-0.4, -0.2) is 32.5 Å². The standard InChI is InChI=1S/C20H21NO.C16H22O3.C2H6.C2H2/c1-3-4-5-16-6-8-17(9-7-16)10-11-18-12-13-20(22-2)19(14-18)15-21;1-3-16(17)19-13-7-5-4-6-12-18-15-10-8-14(2)9-11-15;2*1-2/h6-9,12-15,21H,3-5H2,1-2H3;3,8-11H,1,4-7,12-13H2,2H3;1-2H3;1-2H. The first-order chi connectivity index (χ1) is 22.0. The summed E-state index contributed by atoms with van der Waals surface area (Å²) in [6.07, 6.45) is 18.1. The number of methoxy groups -OCH3 is 1. The molecule has 0 aromatic heterocycles. The van der Waals surface area contributed by atoms with Crippen molar-refractivity contribution in [3.05, 3.63) is 107 Å². The maximum Gasteiger partial charge on any atom is 0.330 e. The highest BCUT2D eigenvalue weighted by molar-refractivity contribution is 5.82. The van der Waals surface area contributed by atoms with Gasteiger partial charge in [0.05, 0.1) is 20.3 Å². The summed E-state index contributed by atoms with van der Waals surface area (Å²) < 4.78 is 15.7. The van der Waals surface area contributed by atoms with Gasteiger partial charge in [-0.05, 0) is 93.5 Å². The Labute approximate surface area is 272 Å². The highest BCUT2D eigenvalue weighted by Crippen LogP contribution is 2.17. The second-order valence-corrected chi connectivity index (χ2v) is 9.60. The second kappa shape index (κ2) is 26.9. The number of terminal acetylenes is 1. The first-order valence-electron chi connectivity index (χ1n) is 15.6. The van der Waals surface area contributed by atoms with Gasteiger partial charge in [-0.2, -0.15) is 0 Å². The minimum atomic E-state index is -0.345. The summed E-state index contributed by atoms with van der Waals surface area (Å²) in [5, 5.41) is 7.41. The molecule has 0 spiro atoms. The SMILES string of the molecule is C#C.C=CC(=O)OCCCCCCOc1ccc(C)cc1.CC.CCCCc1ccc(C#Cc2ccc(OC)c(C=N)c2)cc1. The van der Waals surface area contributed by atoms with Crippen molar-refractivity contribution in [2.45, 2.75) is 72.6 Å². The number of benzene rings is 3. The van der Waals surface area contributed by atoms with Crippen molar-refractivity contribution in [2.24, 2.45) is 0 Å². The van der Waals surface area contributed by atoms with Gasteiger partial charge in [-0.1, -0.05) is 75.4 Å². The number of rotatable bonds is 14. The molecular formula is C40H51NO4. The zero-order chi connectivity index (χ0) is 33.7. The van der Waals surface area contributed by atoms with E-state index < -0.39 is 0 Å². The van der Waals surface area contributed by atoms with E-state index in [0.29, 0.717) is 12.4 Å². The maximum atomic E-state index is 10.8. The van der Waals surface area contributed by atoms with Crippen LogP contribution >= 0.6 is 0 Å². The Hall–Kier alpha value is -4.74. The van der Waals surface area contributed by atoms with E-state index in [0.717, 1.165) is 61.2 Å². The van der Waals surface area contributed by atoms with Crippen LogP contribution in [0, 0.1) is 37.0 Å². The molecule has 0 saturated heterocycles. The number of hydrogen-bond acceptors (Lipinski definition) is 5. The summed E-state index contributed by atoms with van der Waals surface area (Å²) in [4.78, 5) is 10.8. The average Bonchev–Trinajstić information content (AvgIpc) is 3.10. The van der Waals surface area contributed by atoms with Crippen molar-refractivity contribution in [3.8, 4) is 36.2 Å². The third-order valence-electron chi connectivity index (χ3n) is 6.25. The van der Waals surface area contributed by atoms with Crippen LogP contribution in [0.3, 0.4) is 0 Å². The van der Waals surface area contributed by atoms with Gasteiger partial charge in [0.1, 0.15) is 11.5 Å². The van der Waals surface area contributed by atoms with Crippen LogP contribution < -0.4 is 9.47 Å². The predicted octanol–water partition coefficient (Wildman–Crippen LogP) is 9.37. The summed E-state index contributed by atoms with van der Waals surface area (Å²) in [6.45, 7) is 12.8. The van der Waals surface area contributed by atoms with Crippen LogP contribution in [0.1, 0.15) is 87.1 Å². The van der Waals surface area contributed by atoms with Crippen LogP contribution in [0.5, 0.6) is 11.5 Å². The van der Waals surface area contributed by atoms with Gasteiger partial charge in [0.2, 0.25) is 0 Å². The average molecular weight is 610 g/mol. The lowest BCUT2D eigenvalue weighted by Gasteiger charge is -2.06. The summed E-state index contributed by atoms with van der Waals surface area (Å²) >= 11 is 0. The Kier molecular flexibility index (Phi) is 24.0. The van der Waals surface area contributed by atoms with Gasteiger partial charge in [-0.15, -0.1) is 12.8 Å². The van der Waals surface area contributed by atoms with Gasteiger partial charge in [-0.3, -0.25) is 0 Å². The molecule has 240 valence electrons. The molecule has 0 aliphatic carbocycles. The molecule has 0 saturated carbocycles. The summed E-state index contributed by atoms with van der Waals surface area (Å²) in [5.41, 5.74) is 5.23. The fraction of sp³-hybridized carbons (Fsp3) is 0.350. The van der Waals surface area contributed by atoms with E-state index in [4.69, 9.17) is 19.6 Å². The van der Waals surface area contributed by atoms with Gasteiger partial charge in [0.25, 0.3) is 0 Å². The third-order valence-corrected chi connectivity index (χ3v) is 6.25. The third kappa shape index (κ3) is 18.5. The van der Waals surface area contributed by atoms with E-state index in [1.54, 1.807) is 7.11 Å². The Bertz CT molecular complexity index is 1310. The number of carbonyl (C=O) groups is 1. The topological polar surface area (TPSA) is 68.6 Å². The molecule has 3 aromatic carbocycles. The van der Waals surface area contributed by atoms with E-state index in [1.165, 1.54) is 36.3 Å². The first kappa shape index (κ1) is 40.3. The van der Waals surface area contributed by atoms with E-state index in [9.17, 15) is 4.79 Å². The molecule has 0 radical (unpaired) electrons. The molecule has 45 heavy (non-hydrogen) atoms. The molecule has 0 heterocycles. The van der Waals surface area contributed by atoms with Crippen LogP contribution in [0.15, 0.2) is 79.4 Å². The van der Waals surface area contributed by atoms with Crippen LogP contribution in [0.4, 0.5) is 0 Å². The Morgan fingerprint density at radius 2 is 1.47 bits per heavy atom. The van der Waals surface area contributed by atoms with Gasteiger partial charge in [0.15, 0.2) is 0 Å². The summed E-state index contributed by atoms with van der Waals surface area (Å²) in [7, 11) is 1.60. The zero-order valence-corrected chi connectivity index (χ0v) is 27.9. The number of unbranched alkanes of at least 4 members (excludes halogenated alkanes) is 4. The number of esters is 1. The molecule has 0 bridgehead atoms. The highest BCUT2D eigenvalue weighted by atomic mass is 16.5. The lowest BCUT2D eigenvalue weighted by molar-refractivity contribution is -0.137. The van der Waals surface area contributed by atoms with Crippen molar-refractivity contribution >= 4 is 12.2 Å². The molecule has 0 atom stereocenters. The molecule has 5 nitrogen and oxygen atoms in total. The predicted molar refractivity (Wildman–Crippen MR) is 189 cm³/mol. The highest BCUT2D eigenvalue weighted by Gasteiger charge is 2.00. The fourth-order valence-corrected chi connectivity index (χ4v) is 3.82. The van der Waals surface area contributed by atoms with Gasteiger partial charge < -0.3 is 19.6 Å². The summed E-state index contributed by atoms with van der Waals surface area (Å²) in [5.74, 6) is 7.58. The molecule has 5 heteroatoms. The van der Waals surface area contributed by atoms with Crippen molar-refractivity contribution in [2.75, 3.05) is 20.3 Å². The normalized spacial score (nSPS) is 9.13. The summed E-state index contributed by atoms with van der Waals surface area (Å²) in [6, 6.07) is 22.1. The Morgan fingerprint density at radius 1 is 0.867 bits per heavy atom. The van der Waals surface area contributed by atoms with Gasteiger partial charge >= 0.3 is 5.97 Å². The van der Waals surface area contributed by atoms with E-state index in [1.807, 2.05) is 56.3 Å². The molecule has 0 amide bonds. The number of hydrogen-bond donors (Lipinski definition) is 1. The molecular weight excluding hydrogens is 558 g/mol. The van der Waals surface area contributed by atoms with Crippen molar-refractivity contribution in [3.63, 3.8) is 0 Å². The smallest absolute Gasteiger partial charge is 0.330 e. The van der Waals surface area contributed by atoms with Gasteiger partial charge in [0, 0.05) is 29.0 Å². The lowest BCUT2D eigenvalue weighted by Crippen LogP contribution is -2.02. The van der Waals surface area contributed by atoms with Crippen LogP contribution in [0.25, 0.3) is 0 Å². The number of aryl methyl sites for hydroxylation is 2. The van der Waals surface area contributed by atoms with Crippen molar-refractivity contribution in [1.82, 2.24) is 0 Å². The minimum absolute atomic E-state index is 0.345. The Balaban J connectivity index is 0.000000782. The van der Waals surface area contributed by atoms with E-state index >= 15 is 0 Å². The number of ether oxygens (including phenoxy) is 3. The van der Waals surface area contributed by atoms with Crippen LogP contribution in [-0.2, 0) is 16.0 Å². The second-order valence-electron chi connectivity index (χ2n) is 9.60. The minimum Gasteiger partial charge on any atom is -0.496 e. The molecule has 0 aliphatic rings. The van der Waals surface area contributed by atoms with Crippen molar-refractivity contribution in [1.29, 1.82) is 5.41 Å². The van der Waals surface area contributed by atoms with Crippen molar-refractivity contribution < 1.29 is 19.0 Å². The monoisotopic (exact) mass is 609 g/mol. The molecule has 0 aliphatic heterocycles. The first-order valence-corrected chi connectivity index (χ1v) is 15.6. The fourth-order valence-electron chi connectivity index (χ4n) is 3.82.